The molecule has 13 heteroatoms. The largest absolute Gasteiger partial charge is 3.00 e. The van der Waals surface area contributed by atoms with Crippen LogP contribution in [-0.4, -0.2) is 29.8 Å². The van der Waals surface area contributed by atoms with Gasteiger partial charge in [0.2, 0.25) is 0 Å². The summed E-state index contributed by atoms with van der Waals surface area (Å²) in [5, 5.41) is 44.4. The Bertz CT molecular complexity index is 220. The molecule has 0 saturated heterocycles. The summed E-state index contributed by atoms with van der Waals surface area (Å²) in [6.45, 7) is 4.86. The molecule has 0 unspecified atom stereocenters. The number of hydrogen-bond donors (Lipinski definition) is 0. The van der Waals surface area contributed by atoms with Gasteiger partial charge in [0.1, 0.15) is 0 Å². The van der Waals surface area contributed by atoms with E-state index in [9.17, 15) is 0 Å². The third-order valence-electron chi connectivity index (χ3n) is 0. The van der Waals surface area contributed by atoms with Gasteiger partial charge in [-0.15, -0.1) is 0 Å². The first-order valence-corrected chi connectivity index (χ1v) is 4.54. The van der Waals surface area contributed by atoms with Crippen molar-refractivity contribution in [3.63, 3.8) is 0 Å². The maximum absolute atomic E-state index is 8.89. The van der Waals surface area contributed by atoms with Gasteiger partial charge in [-0.05, 0) is 34.6 Å². The van der Waals surface area contributed by atoms with Gasteiger partial charge in [-0.3, -0.25) is 0 Å². The Kier molecular flexibility index (Phi) is 93.4. The molecule has 0 aromatic heterocycles. The molecule has 0 aliphatic heterocycles. The Morgan fingerprint density at radius 2 is 0.435 bits per heavy atom. The molecule has 0 saturated carbocycles. The van der Waals surface area contributed by atoms with Crippen molar-refractivity contribution < 1.29 is 149 Å². The van der Waals surface area contributed by atoms with Gasteiger partial charge >= 0.3 is 99.1 Å². The molecule has 0 amide bonds. The second-order valence-corrected chi connectivity index (χ2v) is 2.46. The van der Waals surface area contributed by atoms with Gasteiger partial charge < -0.3 is 49.5 Å². The Hall–Kier alpha value is 0.675. The number of rotatable bonds is 0. The number of carboxylic acids is 5. The van der Waals surface area contributed by atoms with E-state index in [1.807, 2.05) is 0 Å². The molecule has 0 heterocycles. The van der Waals surface area contributed by atoms with E-state index in [1.165, 1.54) is 0 Å². The summed E-state index contributed by atoms with van der Waals surface area (Å²) in [6, 6.07) is 0. The summed E-state index contributed by atoms with van der Waals surface area (Å²) < 4.78 is 0. The molecule has 0 aliphatic carbocycles. The van der Waals surface area contributed by atoms with Crippen LogP contribution in [0.2, 0.25) is 0 Å². The number of carbonyl (C=O) groups excluding carboxylic acids is 5. The van der Waals surface area contributed by atoms with Gasteiger partial charge in [0, 0.05) is 29.8 Å². The zero-order valence-corrected chi connectivity index (χ0v) is 20.2. The summed E-state index contributed by atoms with van der Waals surface area (Å²) in [6.07, 6.45) is 0. The zero-order valence-electron chi connectivity index (χ0n) is 13.9. The standard InChI is InChI=1S/5C2H4O2.Gd.2Na/c5*1-2(3)4;;;/h5*1H3,(H,3,4);;;/q;;;;;+3;2*+1/p-5. The molecule has 10 nitrogen and oxygen atoms in total. The van der Waals surface area contributed by atoms with E-state index in [0.717, 1.165) is 34.6 Å². The average Bonchev–Trinajstić information content (AvgIpc) is 1.94. The molecular weight excluding hydrogens is 483 g/mol. The summed E-state index contributed by atoms with van der Waals surface area (Å²) >= 11 is 0. The fourth-order valence-corrected chi connectivity index (χ4v) is 0. The zero-order chi connectivity index (χ0) is 17.9. The second kappa shape index (κ2) is 43.4. The molecule has 0 aromatic rings. The fourth-order valence-electron chi connectivity index (χ4n) is 0. The average molecular weight is 498 g/mol. The van der Waals surface area contributed by atoms with Gasteiger partial charge in [-0.25, -0.2) is 0 Å². The normalized spacial score (nSPS) is 5.43. The van der Waals surface area contributed by atoms with E-state index in [2.05, 4.69) is 0 Å². The number of carboxylic acid groups (broad SMARTS) is 5. The van der Waals surface area contributed by atoms with Crippen molar-refractivity contribution in [2.24, 2.45) is 0 Å². The number of carbonyl (C=O) groups is 5. The van der Waals surface area contributed by atoms with Crippen LogP contribution >= 0.6 is 0 Å². The first-order valence-electron chi connectivity index (χ1n) is 4.54. The second-order valence-electron chi connectivity index (χ2n) is 2.46. The van der Waals surface area contributed by atoms with Crippen LogP contribution in [0.15, 0.2) is 0 Å². The van der Waals surface area contributed by atoms with Crippen LogP contribution in [0.25, 0.3) is 0 Å². The van der Waals surface area contributed by atoms with Crippen LogP contribution < -0.4 is 84.6 Å². The Labute approximate surface area is 210 Å². The molecule has 0 N–H and O–H groups in total. The minimum atomic E-state index is -1.08. The predicted octanol–water partition coefficient (Wildman–Crippen LogP) is -12.2. The van der Waals surface area contributed by atoms with E-state index < -0.39 is 29.8 Å². The monoisotopic (exact) mass is 499 g/mol. The summed E-state index contributed by atoms with van der Waals surface area (Å²) in [5.41, 5.74) is 0. The Morgan fingerprint density at radius 1 is 0.435 bits per heavy atom. The van der Waals surface area contributed by atoms with Crippen LogP contribution in [-0.2, 0) is 24.0 Å². The molecule has 0 spiro atoms. The third-order valence-corrected chi connectivity index (χ3v) is 0. The first kappa shape index (κ1) is 49.5. The van der Waals surface area contributed by atoms with Crippen LogP contribution in [0, 0.1) is 39.9 Å². The molecule has 0 atom stereocenters. The van der Waals surface area contributed by atoms with Crippen LogP contribution in [0.5, 0.6) is 0 Å². The molecule has 125 valence electrons. The minimum Gasteiger partial charge on any atom is -0.550 e. The van der Waals surface area contributed by atoms with Crippen molar-refractivity contribution in [3.05, 3.63) is 0 Å². The van der Waals surface area contributed by atoms with Crippen molar-refractivity contribution in [1.29, 1.82) is 0 Å². The third kappa shape index (κ3) is 21300. The Morgan fingerprint density at radius 3 is 0.435 bits per heavy atom. The van der Waals surface area contributed by atoms with Gasteiger partial charge in [0.15, 0.2) is 0 Å². The quantitative estimate of drug-likeness (QED) is 0.289. The molecule has 0 rings (SSSR count). The van der Waals surface area contributed by atoms with Crippen molar-refractivity contribution >= 4 is 29.8 Å². The van der Waals surface area contributed by atoms with E-state index in [0.29, 0.717) is 0 Å². The fraction of sp³-hybridized carbons (Fsp3) is 0.500. The van der Waals surface area contributed by atoms with E-state index in [4.69, 9.17) is 49.5 Å². The maximum Gasteiger partial charge on any atom is 3.00 e. The number of aliphatic carboxylic acids is 5. The van der Waals surface area contributed by atoms with E-state index >= 15 is 0 Å². The van der Waals surface area contributed by atoms with Crippen molar-refractivity contribution in [2.75, 3.05) is 0 Å². The first-order chi connectivity index (χ1) is 8.66. The minimum absolute atomic E-state index is 0. The van der Waals surface area contributed by atoms with Crippen molar-refractivity contribution in [2.45, 2.75) is 34.6 Å². The molecule has 23 heavy (non-hydrogen) atoms. The van der Waals surface area contributed by atoms with Gasteiger partial charge in [0.25, 0.3) is 0 Å². The van der Waals surface area contributed by atoms with Gasteiger partial charge in [-0.1, -0.05) is 0 Å². The number of hydrogen-bond acceptors (Lipinski definition) is 10. The van der Waals surface area contributed by atoms with Crippen molar-refractivity contribution in [3.8, 4) is 0 Å². The van der Waals surface area contributed by atoms with Crippen LogP contribution in [0.1, 0.15) is 34.6 Å². The molecular formula is C10H15GdNa2O10. The van der Waals surface area contributed by atoms with Crippen LogP contribution in [0.4, 0.5) is 0 Å². The predicted molar refractivity (Wildman–Crippen MR) is 53.4 cm³/mol. The summed E-state index contributed by atoms with van der Waals surface area (Å²) in [7, 11) is 0. The van der Waals surface area contributed by atoms with Crippen LogP contribution in [0.3, 0.4) is 0 Å². The molecule has 0 bridgehead atoms. The SMILES string of the molecule is CC(=O)[O-].CC(=O)[O-].CC(=O)[O-].CC(=O)[O-].CC(=O)[O-].[Gd+3].[Na+].[Na+]. The van der Waals surface area contributed by atoms with E-state index in [-0.39, 0.29) is 99.1 Å². The summed E-state index contributed by atoms with van der Waals surface area (Å²) in [4.78, 5) is 44.4. The molecule has 1 radical (unpaired) electrons. The van der Waals surface area contributed by atoms with Gasteiger partial charge in [0.05, 0.1) is 0 Å². The molecule has 0 fully saturated rings. The van der Waals surface area contributed by atoms with E-state index in [1.54, 1.807) is 0 Å². The topological polar surface area (TPSA) is 201 Å². The summed E-state index contributed by atoms with van der Waals surface area (Å²) in [5.74, 6) is -5.42. The van der Waals surface area contributed by atoms with Crippen molar-refractivity contribution in [1.82, 2.24) is 0 Å². The molecule has 0 aromatic carbocycles. The Balaban J connectivity index is -0.0000000197. The van der Waals surface area contributed by atoms with Gasteiger partial charge in [-0.2, -0.15) is 0 Å². The maximum atomic E-state index is 8.89. The smallest absolute Gasteiger partial charge is 0.550 e. The molecule has 0 aliphatic rings.